The van der Waals surface area contributed by atoms with Gasteiger partial charge < -0.3 is 4.74 Å². The predicted octanol–water partition coefficient (Wildman–Crippen LogP) is 3.87. The molecule has 0 fully saturated rings. The number of ether oxygens (including phenoxy) is 1. The van der Waals surface area contributed by atoms with Crippen LogP contribution in [0.5, 0.6) is 0 Å². The Bertz CT molecular complexity index is 1060. The summed E-state index contributed by atoms with van der Waals surface area (Å²) in [5.74, 6) is 0.0489. The topological polar surface area (TPSA) is 60.3 Å². The summed E-state index contributed by atoms with van der Waals surface area (Å²) in [6, 6.07) is 8.72. The number of halogens is 2. The molecule has 3 heterocycles. The second-order valence-electron chi connectivity index (χ2n) is 6.74. The van der Waals surface area contributed by atoms with E-state index in [1.54, 1.807) is 34.3 Å². The Morgan fingerprint density at radius 1 is 1.31 bits per heavy atom. The minimum Gasteiger partial charge on any atom is -0.478 e. The molecule has 0 bridgehead atoms. The first-order chi connectivity index (χ1) is 14.0. The lowest BCUT2D eigenvalue weighted by molar-refractivity contribution is -0.00619. The molecule has 4 rings (SSSR count). The van der Waals surface area contributed by atoms with Gasteiger partial charge in [0.2, 0.25) is 0 Å². The fourth-order valence-corrected chi connectivity index (χ4v) is 3.69. The summed E-state index contributed by atoms with van der Waals surface area (Å²) >= 11 is 2.18. The van der Waals surface area contributed by atoms with Crippen molar-refractivity contribution in [2.45, 2.75) is 19.6 Å². The number of pyridine rings is 1. The smallest absolute Gasteiger partial charge is 0.258 e. The zero-order chi connectivity index (χ0) is 20.4. The monoisotopic (exact) mass is 504 g/mol. The van der Waals surface area contributed by atoms with Crippen molar-refractivity contribution < 1.29 is 13.9 Å². The van der Waals surface area contributed by atoms with Gasteiger partial charge in [-0.1, -0.05) is 11.6 Å². The molecule has 0 spiro atoms. The van der Waals surface area contributed by atoms with Crippen molar-refractivity contribution in [2.24, 2.45) is 0 Å². The summed E-state index contributed by atoms with van der Waals surface area (Å²) in [6.07, 6.45) is 8.13. The normalized spacial score (nSPS) is 16.0. The highest BCUT2D eigenvalue weighted by Gasteiger charge is 2.28. The van der Waals surface area contributed by atoms with Gasteiger partial charge in [0.05, 0.1) is 24.2 Å². The van der Waals surface area contributed by atoms with Crippen molar-refractivity contribution in [2.75, 3.05) is 6.54 Å². The zero-order valence-electron chi connectivity index (χ0n) is 15.6. The van der Waals surface area contributed by atoms with Crippen molar-refractivity contribution >= 4 is 28.5 Å². The molecule has 0 radical (unpaired) electrons. The van der Waals surface area contributed by atoms with Crippen LogP contribution in [0.1, 0.15) is 21.5 Å². The van der Waals surface area contributed by atoms with Crippen LogP contribution < -0.4 is 0 Å². The molecule has 1 unspecified atom stereocenters. The number of carbonyl (C=O) groups excluding carboxylic acids is 1. The quantitative estimate of drug-likeness (QED) is 0.507. The first-order valence-electron chi connectivity index (χ1n) is 9.04. The number of rotatable bonds is 4. The van der Waals surface area contributed by atoms with Crippen molar-refractivity contribution in [3.8, 4) is 5.82 Å². The van der Waals surface area contributed by atoms with Gasteiger partial charge in [0, 0.05) is 22.7 Å². The second-order valence-corrected chi connectivity index (χ2v) is 7.90. The summed E-state index contributed by atoms with van der Waals surface area (Å²) in [5.41, 5.74) is 2.58. The highest BCUT2D eigenvalue weighted by atomic mass is 127. The molecule has 2 aromatic heterocycles. The van der Waals surface area contributed by atoms with Gasteiger partial charge in [0.1, 0.15) is 5.82 Å². The van der Waals surface area contributed by atoms with Crippen LogP contribution in [-0.4, -0.2) is 38.3 Å². The fraction of sp³-hybridized carbons (Fsp3) is 0.190. The van der Waals surface area contributed by atoms with E-state index in [1.807, 2.05) is 31.2 Å². The van der Waals surface area contributed by atoms with E-state index in [0.717, 1.165) is 20.9 Å². The molecule has 148 valence electrons. The maximum atomic E-state index is 13.2. The minimum atomic E-state index is -0.442. The summed E-state index contributed by atoms with van der Waals surface area (Å²) in [6.45, 7) is 2.44. The van der Waals surface area contributed by atoms with E-state index in [4.69, 9.17) is 4.74 Å². The summed E-state index contributed by atoms with van der Waals surface area (Å²) in [4.78, 5) is 18.9. The van der Waals surface area contributed by atoms with Crippen LogP contribution in [0.25, 0.3) is 5.82 Å². The molecule has 0 saturated carbocycles. The Morgan fingerprint density at radius 2 is 2.17 bits per heavy atom. The molecule has 6 nitrogen and oxygen atoms in total. The number of nitrogens with zero attached hydrogens (tertiary/aromatic N) is 4. The Balaban J connectivity index is 1.54. The van der Waals surface area contributed by atoms with E-state index in [0.29, 0.717) is 24.3 Å². The van der Waals surface area contributed by atoms with Crippen LogP contribution in [0, 0.1) is 16.3 Å². The van der Waals surface area contributed by atoms with Gasteiger partial charge in [-0.25, -0.2) is 14.1 Å². The van der Waals surface area contributed by atoms with E-state index in [-0.39, 0.29) is 5.91 Å². The van der Waals surface area contributed by atoms with Gasteiger partial charge in [-0.05, 0) is 65.4 Å². The molecule has 8 heteroatoms. The molecule has 1 amide bonds. The lowest BCUT2D eigenvalue weighted by atomic mass is 10.1. The third-order valence-electron chi connectivity index (χ3n) is 4.59. The molecule has 0 aliphatic carbocycles. The van der Waals surface area contributed by atoms with Crippen LogP contribution >= 0.6 is 22.6 Å². The van der Waals surface area contributed by atoms with Gasteiger partial charge in [-0.3, -0.25) is 9.69 Å². The third-order valence-corrected chi connectivity index (χ3v) is 5.53. The maximum absolute atomic E-state index is 13.2. The Hall–Kier alpha value is -2.75. The summed E-state index contributed by atoms with van der Waals surface area (Å²) in [7, 11) is 0. The number of hydrogen-bond donors (Lipinski definition) is 0. The van der Waals surface area contributed by atoms with Crippen LogP contribution in [-0.2, 0) is 11.2 Å². The molecular formula is C21H18FIN4O2. The molecular weight excluding hydrogens is 486 g/mol. The lowest BCUT2D eigenvalue weighted by Crippen LogP contribution is -2.44. The van der Waals surface area contributed by atoms with Gasteiger partial charge in [0.25, 0.3) is 5.91 Å². The van der Waals surface area contributed by atoms with Crippen molar-refractivity contribution in [3.63, 3.8) is 0 Å². The molecule has 1 aliphatic heterocycles. The molecule has 1 atom stereocenters. The minimum absolute atomic E-state index is 0.0694. The van der Waals surface area contributed by atoms with Crippen molar-refractivity contribution in [3.05, 3.63) is 87.3 Å². The van der Waals surface area contributed by atoms with Gasteiger partial charge >= 0.3 is 0 Å². The van der Waals surface area contributed by atoms with Gasteiger partial charge in [-0.2, -0.15) is 5.10 Å². The number of hydrogen-bond acceptors (Lipinski definition) is 4. The average Bonchev–Trinajstić information content (AvgIpc) is 3.19. The number of carbonyl (C=O) groups is 1. The molecule has 3 aromatic rings. The van der Waals surface area contributed by atoms with Gasteiger partial charge in [0.15, 0.2) is 12.0 Å². The summed E-state index contributed by atoms with van der Waals surface area (Å²) < 4.78 is 21.3. The lowest BCUT2D eigenvalue weighted by Gasteiger charge is -2.33. The van der Waals surface area contributed by atoms with E-state index in [2.05, 4.69) is 32.7 Å². The number of benzene rings is 1. The van der Waals surface area contributed by atoms with E-state index < -0.39 is 12.0 Å². The van der Waals surface area contributed by atoms with E-state index >= 15 is 0 Å². The van der Waals surface area contributed by atoms with Crippen LogP contribution in [0.2, 0.25) is 0 Å². The molecule has 0 saturated heterocycles. The largest absolute Gasteiger partial charge is 0.478 e. The average molecular weight is 504 g/mol. The number of amides is 1. The number of aromatic nitrogens is 3. The Morgan fingerprint density at radius 3 is 2.97 bits per heavy atom. The SMILES string of the molecule is Cc1ccc(I)c(C(=O)N2CC=COC2Cc2cnn(-c3ccc(F)cn3)c2)c1. The standard InChI is InChI=1S/C21H18FIN4O2/c1-14-3-5-18(23)17(9-14)21(28)26-7-2-8-29-20(26)10-15-11-25-27(13-15)19-6-4-16(22)12-24-19/h2-6,8-9,11-13,20H,7,10H2,1H3. The first-order valence-corrected chi connectivity index (χ1v) is 10.1. The zero-order valence-corrected chi connectivity index (χ0v) is 17.8. The van der Waals surface area contributed by atoms with Crippen molar-refractivity contribution in [1.29, 1.82) is 0 Å². The maximum Gasteiger partial charge on any atom is 0.258 e. The Labute approximate surface area is 181 Å². The molecule has 1 aromatic carbocycles. The van der Waals surface area contributed by atoms with E-state index in [1.165, 1.54) is 6.07 Å². The first kappa shape index (κ1) is 19.6. The van der Waals surface area contributed by atoms with E-state index in [9.17, 15) is 9.18 Å². The number of aryl methyl sites for hydroxylation is 1. The van der Waals surface area contributed by atoms with Crippen LogP contribution in [0.15, 0.2) is 61.3 Å². The molecule has 29 heavy (non-hydrogen) atoms. The predicted molar refractivity (Wildman–Crippen MR) is 114 cm³/mol. The van der Waals surface area contributed by atoms with Gasteiger partial charge in [-0.15, -0.1) is 0 Å². The van der Waals surface area contributed by atoms with Crippen molar-refractivity contribution in [1.82, 2.24) is 19.7 Å². The molecule has 0 N–H and O–H groups in total. The fourth-order valence-electron chi connectivity index (χ4n) is 3.12. The highest BCUT2D eigenvalue weighted by molar-refractivity contribution is 14.1. The second kappa shape index (κ2) is 8.32. The van der Waals surface area contributed by atoms with Crippen LogP contribution in [0.3, 0.4) is 0 Å². The Kier molecular flexibility index (Phi) is 5.61. The van der Waals surface area contributed by atoms with Crippen LogP contribution in [0.4, 0.5) is 4.39 Å². The molecule has 1 aliphatic rings. The summed E-state index contributed by atoms with van der Waals surface area (Å²) in [5, 5.41) is 4.29. The third kappa shape index (κ3) is 4.31. The highest BCUT2D eigenvalue weighted by Crippen LogP contribution is 2.22.